The Bertz CT molecular complexity index is 1050. The number of hydrogen-bond acceptors (Lipinski definition) is 8. The number of nitrogens with zero attached hydrogens (tertiary/aromatic N) is 3. The average Bonchev–Trinajstić information content (AvgIpc) is 2.96. The van der Waals surface area contributed by atoms with Crippen LogP contribution in [0.4, 0.5) is 11.6 Å². The van der Waals surface area contributed by atoms with Gasteiger partial charge in [0, 0.05) is 12.1 Å². The van der Waals surface area contributed by atoms with Crippen LogP contribution >= 0.6 is 0 Å². The summed E-state index contributed by atoms with van der Waals surface area (Å²) in [6, 6.07) is 6.12. The standard InChI is InChI=1S/C18H20N4O5S/c1-11-20-17(19)14-10-15(23)22(18(14)21-11)6-7-28(25,26)13-5-3-4-12(8-13)9-16(24)27-2/h3-5,8H,6-7,9-10H2,1-2H3,(H2,19,20,21). The molecule has 1 aliphatic heterocycles. The van der Waals surface area contributed by atoms with Crippen LogP contribution in [0.1, 0.15) is 17.0 Å². The number of rotatable bonds is 6. The van der Waals surface area contributed by atoms with Crippen molar-refractivity contribution >= 4 is 33.3 Å². The van der Waals surface area contributed by atoms with Crippen molar-refractivity contribution < 1.29 is 22.7 Å². The first kappa shape index (κ1) is 19.7. The summed E-state index contributed by atoms with van der Waals surface area (Å²) < 4.78 is 30.1. The fourth-order valence-corrected chi connectivity index (χ4v) is 4.28. The molecule has 1 aromatic carbocycles. The molecule has 1 aliphatic rings. The minimum atomic E-state index is -3.68. The van der Waals surface area contributed by atoms with E-state index in [4.69, 9.17) is 5.73 Å². The van der Waals surface area contributed by atoms with Gasteiger partial charge in [-0.15, -0.1) is 0 Å². The lowest BCUT2D eigenvalue weighted by molar-refractivity contribution is -0.139. The van der Waals surface area contributed by atoms with E-state index in [0.717, 1.165) is 0 Å². The summed E-state index contributed by atoms with van der Waals surface area (Å²) in [7, 11) is -2.41. The zero-order chi connectivity index (χ0) is 20.5. The molecule has 0 aliphatic carbocycles. The molecule has 0 bridgehead atoms. The molecule has 0 saturated carbocycles. The van der Waals surface area contributed by atoms with E-state index in [-0.39, 0.29) is 41.8 Å². The summed E-state index contributed by atoms with van der Waals surface area (Å²) in [5.74, 6) is -0.00334. The highest BCUT2D eigenvalue weighted by Gasteiger charge is 2.32. The second-order valence-corrected chi connectivity index (χ2v) is 8.51. The normalized spacial score (nSPS) is 13.5. The third-order valence-electron chi connectivity index (χ3n) is 4.43. The number of methoxy groups -OCH3 is 1. The van der Waals surface area contributed by atoms with Gasteiger partial charge in [0.1, 0.15) is 17.5 Å². The van der Waals surface area contributed by atoms with Crippen LogP contribution in [0.2, 0.25) is 0 Å². The quantitative estimate of drug-likeness (QED) is 0.686. The highest BCUT2D eigenvalue weighted by Crippen LogP contribution is 2.30. The van der Waals surface area contributed by atoms with Crippen LogP contribution in [0.3, 0.4) is 0 Å². The Balaban J connectivity index is 1.79. The number of carbonyl (C=O) groups is 2. The van der Waals surface area contributed by atoms with Gasteiger partial charge in [-0.3, -0.25) is 14.5 Å². The highest BCUT2D eigenvalue weighted by molar-refractivity contribution is 7.91. The number of amides is 1. The topological polar surface area (TPSA) is 133 Å². The molecule has 2 aromatic rings. The van der Waals surface area contributed by atoms with Gasteiger partial charge in [0.15, 0.2) is 9.84 Å². The molecule has 0 unspecified atom stereocenters. The van der Waals surface area contributed by atoms with Crippen LogP contribution in [-0.4, -0.2) is 49.7 Å². The van der Waals surface area contributed by atoms with Crippen molar-refractivity contribution in [2.75, 3.05) is 30.0 Å². The monoisotopic (exact) mass is 404 g/mol. The maximum absolute atomic E-state index is 12.7. The number of carbonyl (C=O) groups excluding carboxylic acids is 2. The van der Waals surface area contributed by atoms with Crippen molar-refractivity contribution in [3.8, 4) is 0 Å². The number of fused-ring (bicyclic) bond motifs is 1. The smallest absolute Gasteiger partial charge is 0.309 e. The summed E-state index contributed by atoms with van der Waals surface area (Å²) in [5, 5.41) is 0. The molecule has 1 aromatic heterocycles. The number of sulfone groups is 1. The Labute approximate surface area is 162 Å². The molecule has 0 saturated heterocycles. The largest absolute Gasteiger partial charge is 0.469 e. The van der Waals surface area contributed by atoms with Crippen molar-refractivity contribution in [3.05, 3.63) is 41.2 Å². The van der Waals surface area contributed by atoms with E-state index < -0.39 is 15.8 Å². The van der Waals surface area contributed by atoms with E-state index in [9.17, 15) is 18.0 Å². The molecule has 28 heavy (non-hydrogen) atoms. The third-order valence-corrected chi connectivity index (χ3v) is 6.12. The lowest BCUT2D eigenvalue weighted by atomic mass is 10.1. The number of aryl methyl sites for hydroxylation is 1. The minimum absolute atomic E-state index is 0.0205. The zero-order valence-corrected chi connectivity index (χ0v) is 16.3. The molecule has 2 N–H and O–H groups in total. The van der Waals surface area contributed by atoms with E-state index in [1.165, 1.54) is 24.1 Å². The molecule has 148 valence electrons. The second kappa shape index (κ2) is 7.55. The summed E-state index contributed by atoms with van der Waals surface area (Å²) in [4.78, 5) is 33.4. The maximum atomic E-state index is 12.7. The SMILES string of the molecule is COC(=O)Cc1cccc(S(=O)(=O)CCN2C(=O)Cc3c(N)nc(C)nc32)c1. The second-order valence-electron chi connectivity index (χ2n) is 6.40. The number of anilines is 2. The third kappa shape index (κ3) is 3.96. The number of aromatic nitrogens is 2. The van der Waals surface area contributed by atoms with Crippen LogP contribution in [-0.2, 0) is 37.0 Å². The maximum Gasteiger partial charge on any atom is 0.309 e. The van der Waals surface area contributed by atoms with Gasteiger partial charge in [0.05, 0.1) is 30.6 Å². The summed E-state index contributed by atoms with van der Waals surface area (Å²) in [6.45, 7) is 1.60. The van der Waals surface area contributed by atoms with Crippen LogP contribution in [0, 0.1) is 6.92 Å². The van der Waals surface area contributed by atoms with Crippen molar-refractivity contribution in [1.29, 1.82) is 0 Å². The number of benzene rings is 1. The summed E-state index contributed by atoms with van der Waals surface area (Å²) >= 11 is 0. The van der Waals surface area contributed by atoms with Crippen molar-refractivity contribution in [2.45, 2.75) is 24.7 Å². The first-order valence-corrected chi connectivity index (χ1v) is 10.2. The van der Waals surface area contributed by atoms with Gasteiger partial charge in [0.25, 0.3) is 0 Å². The van der Waals surface area contributed by atoms with E-state index in [2.05, 4.69) is 14.7 Å². The lowest BCUT2D eigenvalue weighted by Gasteiger charge is -2.17. The molecule has 0 radical (unpaired) electrons. The van der Waals surface area contributed by atoms with E-state index in [1.54, 1.807) is 19.1 Å². The molecule has 10 heteroatoms. The first-order chi connectivity index (χ1) is 13.2. The molecular formula is C18H20N4O5S. The number of hydrogen-bond donors (Lipinski definition) is 1. The Morgan fingerprint density at radius 1 is 1.32 bits per heavy atom. The summed E-state index contributed by atoms with van der Waals surface area (Å²) in [6.07, 6.45) is 0.0312. The Morgan fingerprint density at radius 3 is 2.79 bits per heavy atom. The first-order valence-electron chi connectivity index (χ1n) is 8.53. The number of nitrogens with two attached hydrogens (primary N) is 1. The minimum Gasteiger partial charge on any atom is -0.469 e. The van der Waals surface area contributed by atoms with Gasteiger partial charge in [0.2, 0.25) is 5.91 Å². The fraction of sp³-hybridized carbons (Fsp3) is 0.333. The molecule has 0 fully saturated rings. The van der Waals surface area contributed by atoms with Gasteiger partial charge in [-0.1, -0.05) is 12.1 Å². The molecule has 3 rings (SSSR count). The number of nitrogen functional groups attached to an aromatic ring is 1. The molecule has 0 atom stereocenters. The fourth-order valence-electron chi connectivity index (χ4n) is 3.01. The van der Waals surface area contributed by atoms with Crippen LogP contribution in [0.25, 0.3) is 0 Å². The average molecular weight is 404 g/mol. The van der Waals surface area contributed by atoms with Crippen molar-refractivity contribution in [1.82, 2.24) is 9.97 Å². The van der Waals surface area contributed by atoms with E-state index in [0.29, 0.717) is 22.8 Å². The zero-order valence-electron chi connectivity index (χ0n) is 15.5. The van der Waals surface area contributed by atoms with Gasteiger partial charge < -0.3 is 10.5 Å². The van der Waals surface area contributed by atoms with Crippen molar-refractivity contribution in [3.63, 3.8) is 0 Å². The molecule has 2 heterocycles. The summed E-state index contributed by atoms with van der Waals surface area (Å²) in [5.41, 5.74) is 6.91. The Hall–Kier alpha value is -3.01. The van der Waals surface area contributed by atoms with Gasteiger partial charge in [-0.2, -0.15) is 0 Å². The number of ether oxygens (including phenoxy) is 1. The molecule has 9 nitrogen and oxygen atoms in total. The van der Waals surface area contributed by atoms with Gasteiger partial charge >= 0.3 is 5.97 Å². The van der Waals surface area contributed by atoms with Crippen LogP contribution in [0.15, 0.2) is 29.2 Å². The highest BCUT2D eigenvalue weighted by atomic mass is 32.2. The van der Waals surface area contributed by atoms with E-state index >= 15 is 0 Å². The van der Waals surface area contributed by atoms with Crippen molar-refractivity contribution in [2.24, 2.45) is 0 Å². The van der Waals surface area contributed by atoms with Crippen LogP contribution in [0.5, 0.6) is 0 Å². The molecule has 0 spiro atoms. The van der Waals surface area contributed by atoms with E-state index in [1.807, 2.05) is 0 Å². The van der Waals surface area contributed by atoms with Crippen LogP contribution < -0.4 is 10.6 Å². The lowest BCUT2D eigenvalue weighted by Crippen LogP contribution is -2.32. The Morgan fingerprint density at radius 2 is 2.07 bits per heavy atom. The predicted molar refractivity (Wildman–Crippen MR) is 101 cm³/mol. The Kier molecular flexibility index (Phi) is 5.32. The van der Waals surface area contributed by atoms with Gasteiger partial charge in [-0.25, -0.2) is 18.4 Å². The number of esters is 1. The molecule has 1 amide bonds. The predicted octanol–water partition coefficient (Wildman–Crippen LogP) is 0.446. The van der Waals surface area contributed by atoms with Gasteiger partial charge in [-0.05, 0) is 24.6 Å². The molecular weight excluding hydrogens is 384 g/mol.